The van der Waals surface area contributed by atoms with Gasteiger partial charge in [0, 0.05) is 25.8 Å². The molecule has 0 aliphatic carbocycles. The van der Waals surface area contributed by atoms with Crippen LogP contribution in [0.15, 0.2) is 24.4 Å². The van der Waals surface area contributed by atoms with E-state index in [1.54, 1.807) is 6.20 Å². The van der Waals surface area contributed by atoms with Crippen LogP contribution < -0.4 is 0 Å². The van der Waals surface area contributed by atoms with Crippen molar-refractivity contribution < 1.29 is 9.84 Å². The Morgan fingerprint density at radius 3 is 3.00 bits per heavy atom. The average Bonchev–Trinajstić information content (AvgIpc) is 2.19. The van der Waals surface area contributed by atoms with Crippen molar-refractivity contribution >= 4 is 0 Å². The Bertz CT molecular complexity index is 226. The first kappa shape index (κ1) is 10.2. The fraction of sp³-hybridized carbons (Fsp3) is 0.500. The molecule has 1 rings (SSSR count). The summed E-state index contributed by atoms with van der Waals surface area (Å²) in [4.78, 5) is 4.05. The van der Waals surface area contributed by atoms with E-state index in [-0.39, 0.29) is 0 Å². The first-order valence-electron chi connectivity index (χ1n) is 4.51. The zero-order valence-corrected chi connectivity index (χ0v) is 7.81. The van der Waals surface area contributed by atoms with Crippen LogP contribution in [0.3, 0.4) is 0 Å². The van der Waals surface area contributed by atoms with Gasteiger partial charge in [0.25, 0.3) is 0 Å². The van der Waals surface area contributed by atoms with Crippen molar-refractivity contribution in [1.82, 2.24) is 4.98 Å². The van der Waals surface area contributed by atoms with E-state index in [2.05, 4.69) is 4.98 Å². The molecule has 0 bridgehead atoms. The lowest BCUT2D eigenvalue weighted by Crippen LogP contribution is -2.04. The number of hydrogen-bond acceptors (Lipinski definition) is 3. The van der Waals surface area contributed by atoms with Crippen LogP contribution in [-0.4, -0.2) is 23.3 Å². The Hall–Kier alpha value is -0.930. The molecule has 1 aromatic heterocycles. The Morgan fingerprint density at radius 2 is 2.38 bits per heavy atom. The Labute approximate surface area is 78.4 Å². The fourth-order valence-electron chi connectivity index (χ4n) is 1.06. The molecule has 0 aliphatic rings. The van der Waals surface area contributed by atoms with Gasteiger partial charge in [0.15, 0.2) is 0 Å². The summed E-state index contributed by atoms with van der Waals surface area (Å²) >= 11 is 0. The summed E-state index contributed by atoms with van der Waals surface area (Å²) < 4.78 is 5.14. The Balaban J connectivity index is 2.35. The summed E-state index contributed by atoms with van der Waals surface area (Å²) in [5.74, 6) is 0. The van der Waals surface area contributed by atoms with Crippen LogP contribution in [0.2, 0.25) is 0 Å². The SMILES string of the molecule is CCOCCC(O)c1ccccn1. The molecule has 1 aromatic rings. The minimum absolute atomic E-state index is 0.507. The van der Waals surface area contributed by atoms with Gasteiger partial charge in [0.2, 0.25) is 0 Å². The quantitative estimate of drug-likeness (QED) is 0.701. The van der Waals surface area contributed by atoms with Crippen LogP contribution in [0.4, 0.5) is 0 Å². The van der Waals surface area contributed by atoms with Crippen molar-refractivity contribution in [2.75, 3.05) is 13.2 Å². The summed E-state index contributed by atoms with van der Waals surface area (Å²) in [6.07, 6.45) is 1.78. The van der Waals surface area contributed by atoms with Crippen LogP contribution >= 0.6 is 0 Å². The molecule has 1 heterocycles. The van der Waals surface area contributed by atoms with E-state index in [1.165, 1.54) is 0 Å². The van der Waals surface area contributed by atoms with Gasteiger partial charge in [-0.2, -0.15) is 0 Å². The van der Waals surface area contributed by atoms with Crippen LogP contribution in [0.5, 0.6) is 0 Å². The number of ether oxygens (including phenoxy) is 1. The van der Waals surface area contributed by atoms with Crippen molar-refractivity contribution in [2.45, 2.75) is 19.4 Å². The molecule has 0 radical (unpaired) electrons. The third kappa shape index (κ3) is 3.53. The predicted octanol–water partition coefficient (Wildman–Crippen LogP) is 1.54. The van der Waals surface area contributed by atoms with E-state index >= 15 is 0 Å². The number of pyridine rings is 1. The highest BCUT2D eigenvalue weighted by atomic mass is 16.5. The minimum Gasteiger partial charge on any atom is -0.387 e. The molecule has 0 aliphatic heterocycles. The molecular weight excluding hydrogens is 166 g/mol. The minimum atomic E-state index is -0.507. The van der Waals surface area contributed by atoms with E-state index in [0.29, 0.717) is 25.3 Å². The molecule has 0 fully saturated rings. The first-order chi connectivity index (χ1) is 6.34. The molecular formula is C10H15NO2. The topological polar surface area (TPSA) is 42.4 Å². The highest BCUT2D eigenvalue weighted by molar-refractivity contribution is 5.06. The molecule has 13 heavy (non-hydrogen) atoms. The van der Waals surface area contributed by atoms with Gasteiger partial charge in [-0.3, -0.25) is 4.98 Å². The van der Waals surface area contributed by atoms with Crippen molar-refractivity contribution in [3.8, 4) is 0 Å². The lowest BCUT2D eigenvalue weighted by Gasteiger charge is -2.08. The van der Waals surface area contributed by atoms with Gasteiger partial charge in [0.05, 0.1) is 11.8 Å². The number of nitrogens with zero attached hydrogens (tertiary/aromatic N) is 1. The molecule has 0 spiro atoms. The van der Waals surface area contributed by atoms with Crippen molar-refractivity contribution in [2.24, 2.45) is 0 Å². The van der Waals surface area contributed by atoms with Crippen LogP contribution in [0.25, 0.3) is 0 Å². The molecule has 72 valence electrons. The van der Waals surface area contributed by atoms with E-state index in [0.717, 1.165) is 0 Å². The van der Waals surface area contributed by atoms with E-state index in [1.807, 2.05) is 25.1 Å². The van der Waals surface area contributed by atoms with Gasteiger partial charge >= 0.3 is 0 Å². The number of aromatic nitrogens is 1. The van der Waals surface area contributed by atoms with E-state index in [4.69, 9.17) is 4.74 Å². The summed E-state index contributed by atoms with van der Waals surface area (Å²) in [5.41, 5.74) is 0.710. The van der Waals surface area contributed by atoms with Gasteiger partial charge in [-0.25, -0.2) is 0 Å². The monoisotopic (exact) mass is 181 g/mol. The molecule has 1 unspecified atom stereocenters. The number of rotatable bonds is 5. The normalized spacial score (nSPS) is 12.8. The third-order valence-electron chi connectivity index (χ3n) is 1.77. The molecule has 3 heteroatoms. The van der Waals surface area contributed by atoms with Crippen molar-refractivity contribution in [3.05, 3.63) is 30.1 Å². The maximum Gasteiger partial charge on any atom is 0.0981 e. The summed E-state index contributed by atoms with van der Waals surface area (Å²) in [7, 11) is 0. The molecule has 1 N–H and O–H groups in total. The third-order valence-corrected chi connectivity index (χ3v) is 1.77. The number of hydrogen-bond donors (Lipinski definition) is 1. The largest absolute Gasteiger partial charge is 0.387 e. The predicted molar refractivity (Wildman–Crippen MR) is 50.3 cm³/mol. The summed E-state index contributed by atoms with van der Waals surface area (Å²) in [5, 5.41) is 9.60. The second kappa shape index (κ2) is 5.67. The molecule has 0 amide bonds. The van der Waals surface area contributed by atoms with Crippen LogP contribution in [-0.2, 0) is 4.74 Å². The van der Waals surface area contributed by atoms with E-state index in [9.17, 15) is 5.11 Å². The van der Waals surface area contributed by atoms with Crippen LogP contribution in [0.1, 0.15) is 25.1 Å². The average molecular weight is 181 g/mol. The second-order valence-corrected chi connectivity index (χ2v) is 2.76. The van der Waals surface area contributed by atoms with Gasteiger partial charge in [-0.05, 0) is 19.1 Å². The Kier molecular flexibility index (Phi) is 4.43. The molecule has 0 saturated carbocycles. The molecule has 0 saturated heterocycles. The van der Waals surface area contributed by atoms with Gasteiger partial charge in [0.1, 0.15) is 0 Å². The summed E-state index contributed by atoms with van der Waals surface area (Å²) in [6.45, 7) is 3.20. The molecule has 0 aromatic carbocycles. The summed E-state index contributed by atoms with van der Waals surface area (Å²) in [6, 6.07) is 5.52. The first-order valence-corrected chi connectivity index (χ1v) is 4.51. The van der Waals surface area contributed by atoms with Gasteiger partial charge < -0.3 is 9.84 Å². The van der Waals surface area contributed by atoms with Gasteiger partial charge in [-0.1, -0.05) is 6.07 Å². The zero-order valence-electron chi connectivity index (χ0n) is 7.81. The lowest BCUT2D eigenvalue weighted by molar-refractivity contribution is 0.0866. The standard InChI is InChI=1S/C10H15NO2/c1-2-13-8-6-10(12)9-5-3-4-7-11-9/h3-5,7,10,12H,2,6,8H2,1H3. The highest BCUT2D eigenvalue weighted by Gasteiger charge is 2.06. The maximum absolute atomic E-state index is 9.60. The number of aliphatic hydroxyl groups excluding tert-OH is 1. The zero-order chi connectivity index (χ0) is 9.52. The molecule has 3 nitrogen and oxygen atoms in total. The van der Waals surface area contributed by atoms with Crippen LogP contribution in [0, 0.1) is 0 Å². The fourth-order valence-corrected chi connectivity index (χ4v) is 1.06. The second-order valence-electron chi connectivity index (χ2n) is 2.76. The van der Waals surface area contributed by atoms with Crippen molar-refractivity contribution in [3.63, 3.8) is 0 Å². The Morgan fingerprint density at radius 1 is 1.54 bits per heavy atom. The van der Waals surface area contributed by atoms with E-state index < -0.39 is 6.10 Å². The number of aliphatic hydroxyl groups is 1. The van der Waals surface area contributed by atoms with Crippen molar-refractivity contribution in [1.29, 1.82) is 0 Å². The van der Waals surface area contributed by atoms with Gasteiger partial charge in [-0.15, -0.1) is 0 Å². The lowest BCUT2D eigenvalue weighted by atomic mass is 10.2. The molecule has 1 atom stereocenters. The highest BCUT2D eigenvalue weighted by Crippen LogP contribution is 2.12. The smallest absolute Gasteiger partial charge is 0.0981 e. The maximum atomic E-state index is 9.60.